The lowest BCUT2D eigenvalue weighted by Crippen LogP contribution is -2.47. The van der Waals surface area contributed by atoms with E-state index in [4.69, 9.17) is 4.43 Å². The van der Waals surface area contributed by atoms with Crippen molar-refractivity contribution < 1.29 is 4.43 Å². The van der Waals surface area contributed by atoms with Gasteiger partial charge in [-0.1, -0.05) is 20.8 Å². The molecule has 0 N–H and O–H groups in total. The first-order valence-corrected chi connectivity index (χ1v) is 10.9. The zero-order valence-corrected chi connectivity index (χ0v) is 16.5. The van der Waals surface area contributed by atoms with Gasteiger partial charge in [0.25, 0.3) is 0 Å². The van der Waals surface area contributed by atoms with Gasteiger partial charge in [0.05, 0.1) is 5.60 Å². The van der Waals surface area contributed by atoms with E-state index >= 15 is 0 Å². The third-order valence-electron chi connectivity index (χ3n) is 4.11. The molecule has 0 unspecified atom stereocenters. The highest BCUT2D eigenvalue weighted by Crippen LogP contribution is 2.39. The number of aryl methyl sites for hydroxylation is 1. The minimum Gasteiger partial charge on any atom is -0.412 e. The number of halogens is 1. The molecule has 4 heteroatoms. The predicted octanol–water partition coefficient (Wildman–Crippen LogP) is 5.58. The molecule has 20 heavy (non-hydrogen) atoms. The van der Waals surface area contributed by atoms with Crippen LogP contribution in [0.3, 0.4) is 0 Å². The van der Waals surface area contributed by atoms with Crippen molar-refractivity contribution in [2.75, 3.05) is 0 Å². The van der Waals surface area contributed by atoms with Crippen LogP contribution in [0.5, 0.6) is 0 Å². The molecular formula is C16H28BrNOSi. The molecule has 1 heterocycles. The Balaban J connectivity index is 2.64. The second-order valence-corrected chi connectivity index (χ2v) is 13.2. The Kier molecular flexibility index (Phi) is 5.61. The average molecular weight is 358 g/mol. The normalized spacial score (nSPS) is 13.6. The van der Waals surface area contributed by atoms with E-state index in [0.717, 1.165) is 23.0 Å². The molecule has 0 aliphatic rings. The van der Waals surface area contributed by atoms with Gasteiger partial charge in [-0.25, -0.2) is 0 Å². The van der Waals surface area contributed by atoms with Gasteiger partial charge >= 0.3 is 0 Å². The lowest BCUT2D eigenvalue weighted by Gasteiger charge is -2.43. The average Bonchev–Trinajstić information content (AvgIpc) is 2.25. The summed E-state index contributed by atoms with van der Waals surface area (Å²) in [6, 6.07) is 4.12. The summed E-state index contributed by atoms with van der Waals surface area (Å²) < 4.78 is 7.56. The SMILES string of the molecule is CC(C)(CCc1ccc(Br)cn1)O[Si](C)(C)C(C)(C)C. The lowest BCUT2D eigenvalue weighted by molar-refractivity contribution is 0.0824. The highest BCUT2D eigenvalue weighted by Gasteiger charge is 2.41. The van der Waals surface area contributed by atoms with Crippen LogP contribution >= 0.6 is 15.9 Å². The molecule has 0 aliphatic heterocycles. The zero-order valence-electron chi connectivity index (χ0n) is 13.9. The molecule has 0 saturated carbocycles. The lowest BCUT2D eigenvalue weighted by atomic mass is 10.0. The van der Waals surface area contributed by atoms with E-state index in [0.29, 0.717) is 0 Å². The van der Waals surface area contributed by atoms with Crippen molar-refractivity contribution in [2.24, 2.45) is 0 Å². The topological polar surface area (TPSA) is 22.1 Å². The van der Waals surface area contributed by atoms with Crippen molar-refractivity contribution in [2.45, 2.75) is 71.2 Å². The van der Waals surface area contributed by atoms with Crippen molar-refractivity contribution in [1.82, 2.24) is 4.98 Å². The van der Waals surface area contributed by atoms with Crippen LogP contribution in [0.25, 0.3) is 0 Å². The number of nitrogens with zero attached hydrogens (tertiary/aromatic N) is 1. The van der Waals surface area contributed by atoms with Crippen LogP contribution in [-0.2, 0) is 10.8 Å². The molecule has 0 amide bonds. The van der Waals surface area contributed by atoms with Crippen molar-refractivity contribution >= 4 is 24.2 Å². The number of hydrogen-bond donors (Lipinski definition) is 0. The summed E-state index contributed by atoms with van der Waals surface area (Å²) in [5.41, 5.74) is 1.03. The van der Waals surface area contributed by atoms with Crippen LogP contribution in [0.4, 0.5) is 0 Å². The highest BCUT2D eigenvalue weighted by atomic mass is 79.9. The van der Waals surface area contributed by atoms with E-state index < -0.39 is 8.32 Å². The first-order valence-electron chi connectivity index (χ1n) is 7.24. The summed E-state index contributed by atoms with van der Waals surface area (Å²) in [6.45, 7) is 15.9. The molecule has 0 bridgehead atoms. The van der Waals surface area contributed by atoms with Crippen molar-refractivity contribution in [1.29, 1.82) is 0 Å². The van der Waals surface area contributed by atoms with E-state index in [-0.39, 0.29) is 10.6 Å². The molecule has 0 spiro atoms. The molecule has 1 aromatic heterocycles. The molecular weight excluding hydrogens is 330 g/mol. The Morgan fingerprint density at radius 3 is 2.20 bits per heavy atom. The minimum absolute atomic E-state index is 0.0994. The number of pyridine rings is 1. The van der Waals surface area contributed by atoms with Crippen LogP contribution in [0.2, 0.25) is 18.1 Å². The van der Waals surface area contributed by atoms with E-state index in [1.807, 2.05) is 12.3 Å². The molecule has 0 aliphatic carbocycles. The Bertz CT molecular complexity index is 435. The second-order valence-electron chi connectivity index (χ2n) is 7.59. The highest BCUT2D eigenvalue weighted by molar-refractivity contribution is 9.10. The first kappa shape index (κ1) is 17.9. The van der Waals surface area contributed by atoms with E-state index in [2.05, 4.69) is 74.7 Å². The van der Waals surface area contributed by atoms with E-state index in [1.165, 1.54) is 0 Å². The van der Waals surface area contributed by atoms with Gasteiger partial charge in [-0.3, -0.25) is 4.98 Å². The summed E-state index contributed by atoms with van der Waals surface area (Å²) >= 11 is 3.42. The van der Waals surface area contributed by atoms with Gasteiger partial charge in [-0.2, -0.15) is 0 Å². The van der Waals surface area contributed by atoms with Crippen LogP contribution in [0, 0.1) is 0 Å². The Hall–Kier alpha value is -0.193. The van der Waals surface area contributed by atoms with Crippen LogP contribution in [0.1, 0.15) is 46.7 Å². The number of rotatable bonds is 5. The van der Waals surface area contributed by atoms with Crippen molar-refractivity contribution in [3.8, 4) is 0 Å². The summed E-state index contributed by atoms with van der Waals surface area (Å²) in [5.74, 6) is 0. The first-order chi connectivity index (χ1) is 8.93. The van der Waals surface area contributed by atoms with Crippen molar-refractivity contribution in [3.63, 3.8) is 0 Å². The fraction of sp³-hybridized carbons (Fsp3) is 0.688. The molecule has 1 rings (SSSR count). The van der Waals surface area contributed by atoms with Gasteiger partial charge in [0, 0.05) is 16.4 Å². The maximum Gasteiger partial charge on any atom is 0.192 e. The van der Waals surface area contributed by atoms with Crippen LogP contribution < -0.4 is 0 Å². The Morgan fingerprint density at radius 1 is 1.15 bits per heavy atom. The fourth-order valence-electron chi connectivity index (χ4n) is 1.88. The molecule has 0 saturated heterocycles. The Labute approximate surface area is 133 Å². The van der Waals surface area contributed by atoms with Gasteiger partial charge in [-0.05, 0) is 72.9 Å². The van der Waals surface area contributed by atoms with E-state index in [9.17, 15) is 0 Å². The predicted molar refractivity (Wildman–Crippen MR) is 92.6 cm³/mol. The Morgan fingerprint density at radius 2 is 1.75 bits per heavy atom. The largest absolute Gasteiger partial charge is 0.412 e. The minimum atomic E-state index is -1.72. The number of aromatic nitrogens is 1. The van der Waals surface area contributed by atoms with Crippen LogP contribution in [-0.4, -0.2) is 18.9 Å². The molecule has 0 aromatic carbocycles. The van der Waals surface area contributed by atoms with E-state index in [1.54, 1.807) is 0 Å². The van der Waals surface area contributed by atoms with Crippen LogP contribution in [0.15, 0.2) is 22.8 Å². The quantitative estimate of drug-likeness (QED) is 0.641. The monoisotopic (exact) mass is 357 g/mol. The zero-order chi connectivity index (χ0) is 15.6. The maximum absolute atomic E-state index is 6.54. The molecule has 0 fully saturated rings. The second kappa shape index (κ2) is 6.28. The van der Waals surface area contributed by atoms with Gasteiger partial charge in [0.1, 0.15) is 0 Å². The molecule has 114 valence electrons. The number of hydrogen-bond acceptors (Lipinski definition) is 2. The van der Waals surface area contributed by atoms with Gasteiger partial charge in [-0.15, -0.1) is 0 Å². The molecule has 1 aromatic rings. The fourth-order valence-corrected chi connectivity index (χ4v) is 3.90. The standard InChI is InChI=1S/C16H28BrNOSi/c1-15(2,3)20(6,7)19-16(4,5)11-10-14-9-8-13(17)12-18-14/h8-9,12H,10-11H2,1-7H3. The summed E-state index contributed by atoms with van der Waals surface area (Å²) in [7, 11) is -1.72. The third-order valence-corrected chi connectivity index (χ3v) is 9.25. The molecule has 2 nitrogen and oxygen atoms in total. The maximum atomic E-state index is 6.54. The van der Waals surface area contributed by atoms with Crippen molar-refractivity contribution in [3.05, 3.63) is 28.5 Å². The third kappa shape index (κ3) is 5.30. The molecule has 0 atom stereocenters. The van der Waals surface area contributed by atoms with Gasteiger partial charge in [0.2, 0.25) is 0 Å². The molecule has 0 radical (unpaired) electrons. The summed E-state index contributed by atoms with van der Waals surface area (Å²) in [4.78, 5) is 4.44. The summed E-state index contributed by atoms with van der Waals surface area (Å²) in [5, 5.41) is 0.250. The van der Waals surface area contributed by atoms with Gasteiger partial charge in [0.15, 0.2) is 8.32 Å². The smallest absolute Gasteiger partial charge is 0.192 e. The van der Waals surface area contributed by atoms with Gasteiger partial charge < -0.3 is 4.43 Å². The summed E-state index contributed by atoms with van der Waals surface area (Å²) in [6.07, 6.45) is 3.81.